The SMILES string of the molecule is CCC#COc1nsnc1-c1ccc[n+](C)c1. The van der Waals surface area contributed by atoms with Crippen molar-refractivity contribution in [3.05, 3.63) is 24.5 Å². The van der Waals surface area contributed by atoms with Gasteiger partial charge in [0, 0.05) is 12.5 Å². The van der Waals surface area contributed by atoms with E-state index in [1.165, 1.54) is 0 Å². The van der Waals surface area contributed by atoms with Gasteiger partial charge < -0.3 is 4.74 Å². The summed E-state index contributed by atoms with van der Waals surface area (Å²) in [5, 5.41) is 0. The molecule has 86 valence electrons. The van der Waals surface area contributed by atoms with E-state index in [1.54, 1.807) is 0 Å². The molecule has 17 heavy (non-hydrogen) atoms. The molecule has 0 unspecified atom stereocenters. The van der Waals surface area contributed by atoms with Gasteiger partial charge in [-0.2, -0.15) is 4.37 Å². The summed E-state index contributed by atoms with van der Waals surface area (Å²) < 4.78 is 15.6. The number of pyridine rings is 1. The van der Waals surface area contributed by atoms with Crippen LogP contribution in [0.3, 0.4) is 0 Å². The molecule has 0 spiro atoms. The zero-order chi connectivity index (χ0) is 12.1. The number of aryl methyl sites for hydroxylation is 1. The molecule has 0 aromatic carbocycles. The molecule has 2 heterocycles. The Bertz CT molecular complexity index is 568. The predicted octanol–water partition coefficient (Wildman–Crippen LogP) is 1.78. The van der Waals surface area contributed by atoms with Gasteiger partial charge in [0.05, 0.1) is 17.3 Å². The Kier molecular flexibility index (Phi) is 3.68. The third kappa shape index (κ3) is 2.80. The van der Waals surface area contributed by atoms with Gasteiger partial charge in [0.2, 0.25) is 0 Å². The molecule has 0 saturated carbocycles. The Hall–Kier alpha value is -1.93. The van der Waals surface area contributed by atoms with Crippen LogP contribution < -0.4 is 9.30 Å². The quantitative estimate of drug-likeness (QED) is 0.599. The topological polar surface area (TPSA) is 38.9 Å². The van der Waals surface area contributed by atoms with E-state index in [4.69, 9.17) is 4.74 Å². The van der Waals surface area contributed by atoms with E-state index in [-0.39, 0.29) is 0 Å². The Morgan fingerprint density at radius 1 is 1.47 bits per heavy atom. The normalized spacial score (nSPS) is 9.53. The van der Waals surface area contributed by atoms with Crippen molar-refractivity contribution in [1.82, 2.24) is 8.75 Å². The highest BCUT2D eigenvalue weighted by atomic mass is 32.1. The zero-order valence-electron chi connectivity index (χ0n) is 9.67. The second kappa shape index (κ2) is 5.41. The standard InChI is InChI=1S/C12H12N3OS/c1-3-4-8-16-12-11(13-17-14-12)10-6-5-7-15(2)9-10/h5-7,9H,3H2,1-2H3/q+1. The van der Waals surface area contributed by atoms with Crippen LogP contribution in [0.4, 0.5) is 0 Å². The summed E-state index contributed by atoms with van der Waals surface area (Å²) in [7, 11) is 1.96. The van der Waals surface area contributed by atoms with E-state index in [0.717, 1.165) is 29.4 Å². The summed E-state index contributed by atoms with van der Waals surface area (Å²) in [5.41, 5.74) is 1.70. The highest BCUT2D eigenvalue weighted by Crippen LogP contribution is 2.26. The molecule has 0 aliphatic heterocycles. The largest absolute Gasteiger partial charge is 0.384 e. The van der Waals surface area contributed by atoms with Gasteiger partial charge in [-0.25, -0.2) is 4.57 Å². The van der Waals surface area contributed by atoms with Crippen LogP contribution in [0.5, 0.6) is 5.88 Å². The van der Waals surface area contributed by atoms with Crippen molar-refractivity contribution in [2.45, 2.75) is 13.3 Å². The number of aromatic nitrogens is 3. The van der Waals surface area contributed by atoms with Crippen LogP contribution in [0.2, 0.25) is 0 Å². The van der Waals surface area contributed by atoms with Crippen molar-refractivity contribution in [2.24, 2.45) is 7.05 Å². The van der Waals surface area contributed by atoms with Gasteiger partial charge >= 0.3 is 0 Å². The molecule has 0 N–H and O–H groups in total. The smallest absolute Gasteiger partial charge is 0.270 e. The maximum atomic E-state index is 5.28. The van der Waals surface area contributed by atoms with Gasteiger partial charge in [-0.05, 0) is 6.07 Å². The van der Waals surface area contributed by atoms with Crippen molar-refractivity contribution in [3.8, 4) is 29.2 Å². The van der Waals surface area contributed by atoms with Gasteiger partial charge in [-0.1, -0.05) is 12.8 Å². The lowest BCUT2D eigenvalue weighted by Crippen LogP contribution is -2.26. The Morgan fingerprint density at radius 2 is 2.35 bits per heavy atom. The fraction of sp³-hybridized carbons (Fsp3) is 0.250. The molecular formula is C12H12N3OS+. The molecule has 0 aliphatic carbocycles. The number of nitrogens with zero attached hydrogens (tertiary/aromatic N) is 3. The zero-order valence-corrected chi connectivity index (χ0v) is 10.5. The molecule has 2 rings (SSSR count). The lowest BCUT2D eigenvalue weighted by Gasteiger charge is -1.96. The summed E-state index contributed by atoms with van der Waals surface area (Å²) >= 11 is 1.12. The van der Waals surface area contributed by atoms with Crippen molar-refractivity contribution in [1.29, 1.82) is 0 Å². The highest BCUT2D eigenvalue weighted by molar-refractivity contribution is 6.99. The number of rotatable bonds is 2. The van der Waals surface area contributed by atoms with Crippen LogP contribution in [0.1, 0.15) is 13.3 Å². The number of hydrogen-bond donors (Lipinski definition) is 0. The molecule has 0 bridgehead atoms. The molecule has 0 amide bonds. The van der Waals surface area contributed by atoms with Gasteiger partial charge in [-0.3, -0.25) is 0 Å². The lowest BCUT2D eigenvalue weighted by molar-refractivity contribution is -0.671. The van der Waals surface area contributed by atoms with Crippen LogP contribution in [-0.2, 0) is 7.05 Å². The van der Waals surface area contributed by atoms with Crippen molar-refractivity contribution in [3.63, 3.8) is 0 Å². The van der Waals surface area contributed by atoms with E-state index in [9.17, 15) is 0 Å². The van der Waals surface area contributed by atoms with Crippen LogP contribution in [0, 0.1) is 12.0 Å². The number of ether oxygens (including phenoxy) is 1. The summed E-state index contributed by atoms with van der Waals surface area (Å²) in [6.45, 7) is 1.97. The summed E-state index contributed by atoms with van der Waals surface area (Å²) in [5.74, 6) is 3.31. The van der Waals surface area contributed by atoms with Gasteiger partial charge in [0.15, 0.2) is 18.1 Å². The second-order valence-electron chi connectivity index (χ2n) is 3.41. The minimum atomic E-state index is 0.474. The minimum Gasteiger partial charge on any atom is -0.384 e. The monoisotopic (exact) mass is 246 g/mol. The second-order valence-corrected chi connectivity index (χ2v) is 3.94. The van der Waals surface area contributed by atoms with Crippen LogP contribution in [-0.4, -0.2) is 8.75 Å². The first kappa shape index (κ1) is 11.6. The molecular weight excluding hydrogens is 234 g/mol. The fourth-order valence-corrected chi connectivity index (χ4v) is 1.81. The fourth-order valence-electron chi connectivity index (χ4n) is 1.31. The van der Waals surface area contributed by atoms with Crippen molar-refractivity contribution >= 4 is 11.7 Å². The van der Waals surface area contributed by atoms with E-state index >= 15 is 0 Å². The minimum absolute atomic E-state index is 0.474. The van der Waals surface area contributed by atoms with Gasteiger partial charge in [0.1, 0.15) is 13.2 Å². The molecule has 0 atom stereocenters. The van der Waals surface area contributed by atoms with Crippen LogP contribution >= 0.6 is 11.7 Å². The maximum absolute atomic E-state index is 5.28. The molecule has 0 saturated heterocycles. The summed E-state index contributed by atoms with van der Waals surface area (Å²) in [4.78, 5) is 0. The molecule has 4 nitrogen and oxygen atoms in total. The predicted molar refractivity (Wildman–Crippen MR) is 65.2 cm³/mol. The summed E-state index contributed by atoms with van der Waals surface area (Å²) in [6, 6.07) is 3.92. The molecule has 5 heteroatoms. The van der Waals surface area contributed by atoms with Gasteiger partial charge in [0.25, 0.3) is 5.88 Å². The van der Waals surface area contributed by atoms with Crippen LogP contribution in [0.25, 0.3) is 11.3 Å². The molecule has 0 aliphatic rings. The Balaban J connectivity index is 2.30. The first-order valence-corrected chi connectivity index (χ1v) is 5.97. The van der Waals surface area contributed by atoms with E-state index < -0.39 is 0 Å². The first-order valence-electron chi connectivity index (χ1n) is 5.24. The van der Waals surface area contributed by atoms with E-state index in [1.807, 2.05) is 43.1 Å². The van der Waals surface area contributed by atoms with Crippen molar-refractivity contribution < 1.29 is 9.30 Å². The summed E-state index contributed by atoms with van der Waals surface area (Å²) in [6.07, 6.45) is 7.29. The van der Waals surface area contributed by atoms with Crippen molar-refractivity contribution in [2.75, 3.05) is 0 Å². The Labute approximate surface area is 104 Å². The molecule has 0 fully saturated rings. The lowest BCUT2D eigenvalue weighted by atomic mass is 10.2. The molecule has 2 aromatic heterocycles. The highest BCUT2D eigenvalue weighted by Gasteiger charge is 2.13. The van der Waals surface area contributed by atoms with E-state index in [2.05, 4.69) is 20.8 Å². The third-order valence-corrected chi connectivity index (χ3v) is 2.58. The Morgan fingerprint density at radius 3 is 3.12 bits per heavy atom. The average Bonchev–Trinajstić information content (AvgIpc) is 2.78. The van der Waals surface area contributed by atoms with Crippen LogP contribution in [0.15, 0.2) is 24.5 Å². The average molecular weight is 246 g/mol. The maximum Gasteiger partial charge on any atom is 0.270 e. The first-order chi connectivity index (χ1) is 8.31. The molecule has 2 aromatic rings. The number of hydrogen-bond acceptors (Lipinski definition) is 4. The third-order valence-electron chi connectivity index (χ3n) is 2.07. The van der Waals surface area contributed by atoms with Gasteiger partial charge in [-0.15, -0.1) is 4.37 Å². The van der Waals surface area contributed by atoms with E-state index in [0.29, 0.717) is 5.88 Å². The molecule has 0 radical (unpaired) electrons.